The molecule has 0 saturated heterocycles. The van der Waals surface area contributed by atoms with Crippen molar-refractivity contribution in [3.63, 3.8) is 0 Å². The number of amides is 1. The number of halogens is 2. The molecule has 6 heteroatoms. The molecule has 0 aliphatic carbocycles. The Kier molecular flexibility index (Phi) is 5.27. The molecule has 2 aromatic rings. The van der Waals surface area contributed by atoms with Gasteiger partial charge in [0.25, 0.3) is 0 Å². The fourth-order valence-corrected chi connectivity index (χ4v) is 1.98. The van der Waals surface area contributed by atoms with Crippen molar-refractivity contribution in [1.29, 1.82) is 0 Å². The standard InChI is InChI=1S/C15H14BrFN2O2/c1-10-7-12(17)13(19-14(10)16)8-18-15(20)21-9-11-5-3-2-4-6-11/h2-7H,8-9H2,1H3,(H,18,20). The number of carbonyl (C=O) groups excluding carboxylic acids is 1. The van der Waals surface area contributed by atoms with E-state index in [1.165, 1.54) is 6.07 Å². The van der Waals surface area contributed by atoms with Gasteiger partial charge in [-0.15, -0.1) is 0 Å². The third-order valence-corrected chi connectivity index (χ3v) is 3.59. The largest absolute Gasteiger partial charge is 0.445 e. The molecule has 1 heterocycles. The highest BCUT2D eigenvalue weighted by molar-refractivity contribution is 9.10. The lowest BCUT2D eigenvalue weighted by Crippen LogP contribution is -2.24. The molecule has 110 valence electrons. The molecule has 1 N–H and O–H groups in total. The zero-order chi connectivity index (χ0) is 15.2. The van der Waals surface area contributed by atoms with Crippen LogP contribution in [0.15, 0.2) is 41.0 Å². The summed E-state index contributed by atoms with van der Waals surface area (Å²) in [5.41, 5.74) is 1.74. The Labute approximate surface area is 130 Å². The van der Waals surface area contributed by atoms with Crippen LogP contribution >= 0.6 is 15.9 Å². The third-order valence-electron chi connectivity index (χ3n) is 2.79. The van der Waals surface area contributed by atoms with E-state index >= 15 is 0 Å². The van der Waals surface area contributed by atoms with Crippen molar-refractivity contribution in [3.05, 3.63) is 63.6 Å². The number of aromatic nitrogens is 1. The van der Waals surface area contributed by atoms with Crippen LogP contribution in [0.3, 0.4) is 0 Å². The van der Waals surface area contributed by atoms with Crippen molar-refractivity contribution in [1.82, 2.24) is 10.3 Å². The topological polar surface area (TPSA) is 51.2 Å². The van der Waals surface area contributed by atoms with Gasteiger partial charge in [-0.3, -0.25) is 0 Å². The molecule has 0 aliphatic rings. The minimum absolute atomic E-state index is 0.0294. The molecule has 0 bridgehead atoms. The zero-order valence-electron chi connectivity index (χ0n) is 11.4. The number of ether oxygens (including phenoxy) is 1. The van der Waals surface area contributed by atoms with Crippen LogP contribution in [0.2, 0.25) is 0 Å². The molecule has 1 aromatic heterocycles. The van der Waals surface area contributed by atoms with Crippen LogP contribution in [0.25, 0.3) is 0 Å². The Morgan fingerprint density at radius 3 is 2.81 bits per heavy atom. The summed E-state index contributed by atoms with van der Waals surface area (Å²) >= 11 is 3.23. The highest BCUT2D eigenvalue weighted by atomic mass is 79.9. The van der Waals surface area contributed by atoms with E-state index < -0.39 is 11.9 Å². The second-order valence-electron chi connectivity index (χ2n) is 4.44. The van der Waals surface area contributed by atoms with E-state index in [0.717, 1.165) is 5.56 Å². The second kappa shape index (κ2) is 7.17. The van der Waals surface area contributed by atoms with Crippen LogP contribution < -0.4 is 5.32 Å². The number of hydrogen-bond acceptors (Lipinski definition) is 3. The Morgan fingerprint density at radius 1 is 1.38 bits per heavy atom. The summed E-state index contributed by atoms with van der Waals surface area (Å²) in [6.45, 7) is 1.88. The monoisotopic (exact) mass is 352 g/mol. The average Bonchev–Trinajstić information content (AvgIpc) is 2.48. The van der Waals surface area contributed by atoms with Crippen molar-refractivity contribution in [2.75, 3.05) is 0 Å². The van der Waals surface area contributed by atoms with E-state index in [2.05, 4.69) is 26.2 Å². The van der Waals surface area contributed by atoms with Crippen LogP contribution in [-0.4, -0.2) is 11.1 Å². The van der Waals surface area contributed by atoms with Crippen LogP contribution in [-0.2, 0) is 17.9 Å². The maximum atomic E-state index is 13.7. The number of carbonyl (C=O) groups is 1. The molecule has 2 rings (SSSR count). The van der Waals surface area contributed by atoms with Gasteiger partial charge in [-0.05, 0) is 40.0 Å². The average molecular weight is 353 g/mol. The highest BCUT2D eigenvalue weighted by Gasteiger charge is 2.10. The molecule has 21 heavy (non-hydrogen) atoms. The van der Waals surface area contributed by atoms with Gasteiger partial charge in [-0.25, -0.2) is 14.2 Å². The van der Waals surface area contributed by atoms with Gasteiger partial charge >= 0.3 is 6.09 Å². The summed E-state index contributed by atoms with van der Waals surface area (Å²) < 4.78 is 19.2. The minimum Gasteiger partial charge on any atom is -0.445 e. The lowest BCUT2D eigenvalue weighted by molar-refractivity contribution is 0.139. The highest BCUT2D eigenvalue weighted by Crippen LogP contribution is 2.16. The molecule has 0 fully saturated rings. The van der Waals surface area contributed by atoms with Crippen LogP contribution in [0, 0.1) is 12.7 Å². The predicted octanol–water partition coefficient (Wildman–Crippen LogP) is 3.72. The van der Waals surface area contributed by atoms with Crippen LogP contribution in [0.5, 0.6) is 0 Å². The number of hydrogen-bond donors (Lipinski definition) is 1. The fourth-order valence-electron chi connectivity index (χ4n) is 1.65. The molecule has 1 amide bonds. The van der Waals surface area contributed by atoms with E-state index in [-0.39, 0.29) is 18.8 Å². The van der Waals surface area contributed by atoms with Crippen molar-refractivity contribution < 1.29 is 13.9 Å². The zero-order valence-corrected chi connectivity index (χ0v) is 13.0. The number of pyridine rings is 1. The van der Waals surface area contributed by atoms with Gasteiger partial charge in [0.05, 0.1) is 12.2 Å². The van der Waals surface area contributed by atoms with Crippen LogP contribution in [0.4, 0.5) is 9.18 Å². The first-order valence-corrected chi connectivity index (χ1v) is 7.11. The van der Waals surface area contributed by atoms with Gasteiger partial charge in [-0.2, -0.15) is 0 Å². The Morgan fingerprint density at radius 2 is 2.10 bits per heavy atom. The summed E-state index contributed by atoms with van der Waals surface area (Å²) in [6.07, 6.45) is -0.614. The van der Waals surface area contributed by atoms with Gasteiger partial charge in [0.15, 0.2) is 0 Å². The van der Waals surface area contributed by atoms with E-state index in [4.69, 9.17) is 4.74 Å². The lowest BCUT2D eigenvalue weighted by Gasteiger charge is -2.08. The molecular weight excluding hydrogens is 339 g/mol. The molecule has 4 nitrogen and oxygen atoms in total. The summed E-state index contributed by atoms with van der Waals surface area (Å²) in [5, 5.41) is 2.47. The first-order chi connectivity index (χ1) is 10.1. The normalized spacial score (nSPS) is 10.2. The first-order valence-electron chi connectivity index (χ1n) is 6.32. The maximum absolute atomic E-state index is 13.7. The van der Waals surface area contributed by atoms with E-state index in [0.29, 0.717) is 10.2 Å². The van der Waals surface area contributed by atoms with Crippen molar-refractivity contribution in [2.24, 2.45) is 0 Å². The van der Waals surface area contributed by atoms with Crippen molar-refractivity contribution in [2.45, 2.75) is 20.1 Å². The summed E-state index contributed by atoms with van der Waals surface area (Å²) in [6, 6.07) is 10.7. The number of nitrogens with zero attached hydrogens (tertiary/aromatic N) is 1. The Bertz CT molecular complexity index is 635. The van der Waals surface area contributed by atoms with Crippen molar-refractivity contribution in [3.8, 4) is 0 Å². The number of aryl methyl sites for hydroxylation is 1. The van der Waals surface area contributed by atoms with E-state index in [1.54, 1.807) is 6.92 Å². The number of alkyl carbamates (subject to hydrolysis) is 1. The minimum atomic E-state index is -0.614. The fraction of sp³-hybridized carbons (Fsp3) is 0.200. The van der Waals surface area contributed by atoms with Crippen LogP contribution in [0.1, 0.15) is 16.8 Å². The molecule has 0 saturated carbocycles. The second-order valence-corrected chi connectivity index (χ2v) is 5.19. The summed E-state index contributed by atoms with van der Waals surface area (Å²) in [7, 11) is 0. The molecule has 0 radical (unpaired) electrons. The molecule has 1 aromatic carbocycles. The number of rotatable bonds is 4. The quantitative estimate of drug-likeness (QED) is 0.853. The van der Waals surface area contributed by atoms with E-state index in [9.17, 15) is 9.18 Å². The summed E-state index contributed by atoms with van der Waals surface area (Å²) in [5.74, 6) is -0.459. The van der Waals surface area contributed by atoms with E-state index in [1.807, 2.05) is 30.3 Å². The van der Waals surface area contributed by atoms with Gasteiger partial charge in [0.2, 0.25) is 0 Å². The third kappa shape index (κ3) is 4.53. The maximum Gasteiger partial charge on any atom is 0.407 e. The molecule has 0 atom stereocenters. The van der Waals surface area contributed by atoms with Gasteiger partial charge in [-0.1, -0.05) is 30.3 Å². The SMILES string of the molecule is Cc1cc(F)c(CNC(=O)OCc2ccccc2)nc1Br. The van der Waals surface area contributed by atoms with Gasteiger partial charge in [0, 0.05) is 0 Å². The number of nitrogens with one attached hydrogen (secondary N) is 1. The summed E-state index contributed by atoms with van der Waals surface area (Å²) in [4.78, 5) is 15.6. The molecular formula is C15H14BrFN2O2. The lowest BCUT2D eigenvalue weighted by atomic mass is 10.2. The molecule has 0 unspecified atom stereocenters. The molecule has 0 spiro atoms. The predicted molar refractivity (Wildman–Crippen MR) is 80.1 cm³/mol. The smallest absolute Gasteiger partial charge is 0.407 e. The first kappa shape index (κ1) is 15.4. The molecule has 0 aliphatic heterocycles. The number of benzene rings is 1. The van der Waals surface area contributed by atoms with Gasteiger partial charge in [0.1, 0.15) is 17.0 Å². The Hall–Kier alpha value is -1.95. The Balaban J connectivity index is 1.85. The van der Waals surface area contributed by atoms with Crippen molar-refractivity contribution >= 4 is 22.0 Å². The van der Waals surface area contributed by atoms with Gasteiger partial charge < -0.3 is 10.1 Å².